The van der Waals surface area contributed by atoms with E-state index in [1.807, 2.05) is 7.05 Å². The summed E-state index contributed by atoms with van der Waals surface area (Å²) in [5, 5.41) is 3.20. The third-order valence-corrected chi connectivity index (χ3v) is 4.14. The Morgan fingerprint density at radius 1 is 1.18 bits per heavy atom. The fourth-order valence-corrected chi connectivity index (χ4v) is 3.00. The minimum atomic E-state index is -0.0844. The third-order valence-electron chi connectivity index (χ3n) is 4.14. The smallest absolute Gasteiger partial charge is 0.151 e. The van der Waals surface area contributed by atoms with E-state index in [4.69, 9.17) is 9.47 Å². The predicted molar refractivity (Wildman–Crippen MR) is 88.2 cm³/mol. The molecule has 1 aliphatic heterocycles. The summed E-state index contributed by atoms with van der Waals surface area (Å²) in [5.74, 6) is 0.928. The van der Waals surface area contributed by atoms with Gasteiger partial charge in [-0.3, -0.25) is 0 Å². The van der Waals surface area contributed by atoms with Crippen LogP contribution in [-0.4, -0.2) is 19.7 Å². The van der Waals surface area contributed by atoms with E-state index in [0.717, 1.165) is 17.9 Å². The van der Waals surface area contributed by atoms with E-state index >= 15 is 0 Å². The zero-order valence-corrected chi connectivity index (χ0v) is 13.4. The molecule has 116 valence electrons. The molecule has 1 aliphatic rings. The summed E-state index contributed by atoms with van der Waals surface area (Å²) >= 11 is 0. The van der Waals surface area contributed by atoms with Crippen LogP contribution in [0.15, 0.2) is 42.5 Å². The molecule has 2 aromatic carbocycles. The van der Waals surface area contributed by atoms with Crippen molar-refractivity contribution in [3.8, 4) is 5.75 Å². The first-order valence-corrected chi connectivity index (χ1v) is 7.77. The van der Waals surface area contributed by atoms with Gasteiger partial charge in [0.1, 0.15) is 11.9 Å². The molecule has 3 nitrogen and oxygen atoms in total. The summed E-state index contributed by atoms with van der Waals surface area (Å²) in [4.78, 5) is 0. The van der Waals surface area contributed by atoms with E-state index < -0.39 is 0 Å². The lowest BCUT2D eigenvalue weighted by atomic mass is 9.95. The van der Waals surface area contributed by atoms with Crippen LogP contribution in [0.2, 0.25) is 0 Å². The van der Waals surface area contributed by atoms with E-state index in [9.17, 15) is 0 Å². The van der Waals surface area contributed by atoms with Crippen LogP contribution in [0.25, 0.3) is 0 Å². The predicted octanol–water partition coefficient (Wildman–Crippen LogP) is 3.54. The first-order valence-electron chi connectivity index (χ1n) is 7.77. The maximum Gasteiger partial charge on any atom is 0.151 e. The van der Waals surface area contributed by atoms with Gasteiger partial charge in [0.15, 0.2) is 6.10 Å². The molecule has 22 heavy (non-hydrogen) atoms. The number of fused-ring (bicyclic) bond motifs is 1. The second-order valence-corrected chi connectivity index (χ2v) is 5.91. The Bertz CT molecular complexity index is 654. The van der Waals surface area contributed by atoms with Crippen LogP contribution >= 0.6 is 0 Å². The molecule has 1 heterocycles. The van der Waals surface area contributed by atoms with Crippen LogP contribution in [0.4, 0.5) is 0 Å². The Labute approximate surface area is 132 Å². The SMILES string of the molecule is CNC[C@H]1OCc2ccccc2[C@@H]1Oc1ccc(C)cc1C. The quantitative estimate of drug-likeness (QED) is 0.936. The van der Waals surface area contributed by atoms with Gasteiger partial charge in [-0.15, -0.1) is 0 Å². The highest BCUT2D eigenvalue weighted by atomic mass is 16.5. The van der Waals surface area contributed by atoms with Crippen LogP contribution in [-0.2, 0) is 11.3 Å². The summed E-state index contributed by atoms with van der Waals surface area (Å²) in [6.07, 6.45) is -0.0700. The monoisotopic (exact) mass is 297 g/mol. The van der Waals surface area contributed by atoms with Crippen molar-refractivity contribution in [2.45, 2.75) is 32.7 Å². The van der Waals surface area contributed by atoms with Crippen molar-refractivity contribution in [1.29, 1.82) is 0 Å². The van der Waals surface area contributed by atoms with Crippen molar-refractivity contribution in [2.24, 2.45) is 0 Å². The summed E-state index contributed by atoms with van der Waals surface area (Å²) < 4.78 is 12.4. The molecule has 0 fully saturated rings. The molecular weight excluding hydrogens is 274 g/mol. The minimum Gasteiger partial charge on any atom is -0.483 e. The lowest BCUT2D eigenvalue weighted by Gasteiger charge is -2.34. The summed E-state index contributed by atoms with van der Waals surface area (Å²) in [7, 11) is 1.94. The average Bonchev–Trinajstić information content (AvgIpc) is 2.52. The van der Waals surface area contributed by atoms with E-state index in [0.29, 0.717) is 6.61 Å². The van der Waals surface area contributed by atoms with Gasteiger partial charge < -0.3 is 14.8 Å². The molecule has 0 spiro atoms. The van der Waals surface area contributed by atoms with Crippen molar-refractivity contribution in [3.63, 3.8) is 0 Å². The molecule has 0 bridgehead atoms. The van der Waals surface area contributed by atoms with Crippen LogP contribution in [0.5, 0.6) is 5.75 Å². The molecule has 0 aliphatic carbocycles. The highest BCUT2D eigenvalue weighted by Gasteiger charge is 2.31. The lowest BCUT2D eigenvalue weighted by Crippen LogP contribution is -2.38. The summed E-state index contributed by atoms with van der Waals surface area (Å²) in [6.45, 7) is 5.60. The summed E-state index contributed by atoms with van der Waals surface area (Å²) in [5.41, 5.74) is 4.85. The second kappa shape index (κ2) is 6.51. The first kappa shape index (κ1) is 15.1. The highest BCUT2D eigenvalue weighted by Crippen LogP contribution is 2.34. The molecule has 2 aromatic rings. The standard InChI is InChI=1S/C19H23NO2/c1-13-8-9-17(14(2)10-13)22-19-16-7-5-4-6-15(16)12-21-18(19)11-20-3/h4-10,18-20H,11-12H2,1-3H3/t18-,19+/m1/s1. The highest BCUT2D eigenvalue weighted by molar-refractivity contribution is 5.38. The molecule has 0 amide bonds. The number of aryl methyl sites for hydroxylation is 2. The van der Waals surface area contributed by atoms with Crippen LogP contribution in [0.1, 0.15) is 28.4 Å². The molecular formula is C19H23NO2. The van der Waals surface area contributed by atoms with E-state index in [1.54, 1.807) is 0 Å². The van der Waals surface area contributed by atoms with E-state index in [-0.39, 0.29) is 12.2 Å². The van der Waals surface area contributed by atoms with Crippen molar-refractivity contribution in [2.75, 3.05) is 13.6 Å². The Morgan fingerprint density at radius 3 is 2.77 bits per heavy atom. The maximum absolute atomic E-state index is 6.37. The molecule has 0 unspecified atom stereocenters. The molecule has 0 radical (unpaired) electrons. The average molecular weight is 297 g/mol. The van der Waals surface area contributed by atoms with Crippen molar-refractivity contribution in [3.05, 3.63) is 64.7 Å². The largest absolute Gasteiger partial charge is 0.483 e. The molecule has 0 aromatic heterocycles. The van der Waals surface area contributed by atoms with Crippen molar-refractivity contribution in [1.82, 2.24) is 5.32 Å². The number of hydrogen-bond donors (Lipinski definition) is 1. The molecule has 0 saturated heterocycles. The van der Waals surface area contributed by atoms with Gasteiger partial charge in [0.2, 0.25) is 0 Å². The molecule has 2 atom stereocenters. The Kier molecular flexibility index (Phi) is 4.46. The van der Waals surface area contributed by atoms with Crippen molar-refractivity contribution >= 4 is 0 Å². The van der Waals surface area contributed by atoms with Gasteiger partial charge in [0.05, 0.1) is 6.61 Å². The Hall–Kier alpha value is -1.84. The topological polar surface area (TPSA) is 30.5 Å². The summed E-state index contributed by atoms with van der Waals surface area (Å²) in [6, 6.07) is 14.7. The van der Waals surface area contributed by atoms with Gasteiger partial charge in [-0.2, -0.15) is 0 Å². The third kappa shape index (κ3) is 3.01. The number of nitrogens with one attached hydrogen (secondary N) is 1. The van der Waals surface area contributed by atoms with Gasteiger partial charge >= 0.3 is 0 Å². The molecule has 1 N–H and O–H groups in total. The number of benzene rings is 2. The first-order chi connectivity index (χ1) is 10.7. The van der Waals surface area contributed by atoms with Gasteiger partial charge in [0, 0.05) is 12.1 Å². The molecule has 0 saturated carbocycles. The zero-order chi connectivity index (χ0) is 15.5. The van der Waals surface area contributed by atoms with Gasteiger partial charge in [0.25, 0.3) is 0 Å². The van der Waals surface area contributed by atoms with Crippen LogP contribution in [0, 0.1) is 13.8 Å². The normalized spacial score (nSPS) is 20.5. The molecule has 3 rings (SSSR count). The fourth-order valence-electron chi connectivity index (χ4n) is 3.00. The fraction of sp³-hybridized carbons (Fsp3) is 0.368. The number of hydrogen-bond acceptors (Lipinski definition) is 3. The second-order valence-electron chi connectivity index (χ2n) is 5.91. The van der Waals surface area contributed by atoms with Gasteiger partial charge in [-0.1, -0.05) is 42.0 Å². The van der Waals surface area contributed by atoms with E-state index in [2.05, 4.69) is 61.6 Å². The van der Waals surface area contributed by atoms with E-state index in [1.165, 1.54) is 16.7 Å². The lowest BCUT2D eigenvalue weighted by molar-refractivity contribution is -0.0498. The minimum absolute atomic E-state index is 0.0144. The van der Waals surface area contributed by atoms with Crippen LogP contribution in [0.3, 0.4) is 0 Å². The van der Waals surface area contributed by atoms with Gasteiger partial charge in [-0.05, 0) is 38.1 Å². The number of rotatable bonds is 4. The number of likely N-dealkylation sites (N-methyl/N-ethyl adjacent to an activating group) is 1. The van der Waals surface area contributed by atoms with Gasteiger partial charge in [-0.25, -0.2) is 0 Å². The van der Waals surface area contributed by atoms with Crippen molar-refractivity contribution < 1.29 is 9.47 Å². The Morgan fingerprint density at radius 2 is 2.00 bits per heavy atom. The van der Waals surface area contributed by atoms with Crippen LogP contribution < -0.4 is 10.1 Å². The maximum atomic E-state index is 6.37. The number of ether oxygens (including phenoxy) is 2. The molecule has 3 heteroatoms. The Balaban J connectivity index is 1.93. The zero-order valence-electron chi connectivity index (χ0n) is 13.4.